The van der Waals surface area contributed by atoms with E-state index in [1.165, 1.54) is 29.0 Å². The summed E-state index contributed by atoms with van der Waals surface area (Å²) in [5, 5.41) is 31.1. The maximum Gasteiger partial charge on any atom is 0.167 e. The number of nitrogens with two attached hydrogens (primary N) is 2. The lowest BCUT2D eigenvalue weighted by Gasteiger charge is -2.21. The smallest absolute Gasteiger partial charge is 0.167 e. The first kappa shape index (κ1) is 19.3. The van der Waals surface area contributed by atoms with Gasteiger partial charge in [-0.05, 0) is 19.1 Å². The van der Waals surface area contributed by atoms with E-state index in [4.69, 9.17) is 16.2 Å². The molecule has 2 aromatic rings. The molecule has 1 fully saturated rings. The Kier molecular flexibility index (Phi) is 5.95. The first-order valence-electron chi connectivity index (χ1n) is 8.36. The van der Waals surface area contributed by atoms with E-state index in [1.807, 2.05) is 6.92 Å². The number of hydrogen-bond donors (Lipinski definition) is 5. The molecule has 0 saturated carbocycles. The Morgan fingerprint density at radius 3 is 2.81 bits per heavy atom. The minimum atomic E-state index is -1.24. The number of nitrogens with zero attached hydrogens (tertiary/aromatic N) is 4. The maximum atomic E-state index is 10.4. The van der Waals surface area contributed by atoms with E-state index in [1.54, 1.807) is 0 Å². The highest BCUT2D eigenvalue weighted by Gasteiger charge is 2.47. The van der Waals surface area contributed by atoms with Crippen LogP contribution in [0.5, 0.6) is 0 Å². The third-order valence-corrected chi connectivity index (χ3v) is 5.42. The number of fused-ring (bicyclic) bond motifs is 1. The molecular formula is C15H24N6O4S. The molecule has 0 bridgehead atoms. The molecule has 0 aromatic carbocycles. The summed E-state index contributed by atoms with van der Waals surface area (Å²) in [6.45, 7) is 1.92. The third kappa shape index (κ3) is 3.77. The number of nitrogen functional groups attached to an aromatic ring is 1. The third-order valence-electron chi connectivity index (χ3n) is 4.32. The lowest BCUT2D eigenvalue weighted by Crippen LogP contribution is -2.40. The summed E-state index contributed by atoms with van der Waals surface area (Å²) in [5.41, 5.74) is 12.2. The van der Waals surface area contributed by atoms with Crippen LogP contribution in [0.15, 0.2) is 12.7 Å². The zero-order chi connectivity index (χ0) is 18.8. The van der Waals surface area contributed by atoms with Crippen molar-refractivity contribution >= 4 is 28.7 Å². The molecule has 1 aliphatic heterocycles. The normalized spacial score (nSPS) is 28.5. The van der Waals surface area contributed by atoms with E-state index < -0.39 is 30.6 Å². The van der Waals surface area contributed by atoms with Crippen LogP contribution in [0.3, 0.4) is 0 Å². The van der Waals surface area contributed by atoms with Crippen LogP contribution in [0.1, 0.15) is 19.6 Å². The van der Waals surface area contributed by atoms with E-state index in [9.17, 15) is 15.3 Å². The van der Waals surface area contributed by atoms with Gasteiger partial charge in [-0.2, -0.15) is 11.8 Å². The van der Waals surface area contributed by atoms with Crippen molar-refractivity contribution in [3.05, 3.63) is 12.7 Å². The van der Waals surface area contributed by atoms with E-state index in [-0.39, 0.29) is 11.9 Å². The number of aromatic nitrogens is 4. The van der Waals surface area contributed by atoms with Gasteiger partial charge in [0, 0.05) is 11.8 Å². The minimum absolute atomic E-state index is 0.100. The van der Waals surface area contributed by atoms with Gasteiger partial charge < -0.3 is 31.5 Å². The van der Waals surface area contributed by atoms with Gasteiger partial charge in [-0.3, -0.25) is 4.57 Å². The van der Waals surface area contributed by atoms with Gasteiger partial charge in [0.2, 0.25) is 0 Å². The Labute approximate surface area is 154 Å². The minimum Gasteiger partial charge on any atom is -0.389 e. The van der Waals surface area contributed by atoms with Gasteiger partial charge in [0.15, 0.2) is 17.7 Å². The van der Waals surface area contributed by atoms with E-state index in [0.29, 0.717) is 16.9 Å². The summed E-state index contributed by atoms with van der Waals surface area (Å²) in [4.78, 5) is 12.1. The molecule has 26 heavy (non-hydrogen) atoms. The van der Waals surface area contributed by atoms with E-state index in [2.05, 4.69) is 15.0 Å². The van der Waals surface area contributed by atoms with Crippen molar-refractivity contribution in [3.8, 4) is 0 Å². The lowest BCUT2D eigenvalue weighted by atomic mass is 10.1. The van der Waals surface area contributed by atoms with Crippen molar-refractivity contribution in [2.75, 3.05) is 17.2 Å². The van der Waals surface area contributed by atoms with Crippen molar-refractivity contribution < 1.29 is 20.1 Å². The number of anilines is 1. The Morgan fingerprint density at radius 1 is 1.31 bits per heavy atom. The number of hydrogen-bond acceptors (Lipinski definition) is 10. The highest BCUT2D eigenvalue weighted by atomic mass is 32.2. The van der Waals surface area contributed by atoms with Gasteiger partial charge in [0.1, 0.15) is 30.2 Å². The van der Waals surface area contributed by atoms with Crippen molar-refractivity contribution in [3.63, 3.8) is 0 Å². The van der Waals surface area contributed by atoms with Crippen molar-refractivity contribution in [1.29, 1.82) is 0 Å². The molecule has 0 unspecified atom stereocenters. The molecule has 6 atom stereocenters. The average molecular weight is 384 g/mol. The first-order chi connectivity index (χ1) is 12.4. The highest BCUT2D eigenvalue weighted by Crippen LogP contribution is 2.33. The van der Waals surface area contributed by atoms with Crippen LogP contribution in [0.2, 0.25) is 0 Å². The molecule has 0 amide bonds. The fourth-order valence-electron chi connectivity index (χ4n) is 2.86. The molecule has 3 heterocycles. The number of imidazole rings is 1. The van der Waals surface area contributed by atoms with Gasteiger partial charge in [-0.15, -0.1) is 0 Å². The summed E-state index contributed by atoms with van der Waals surface area (Å²) in [6.07, 6.45) is -1.72. The molecule has 10 nitrogen and oxygen atoms in total. The molecule has 7 N–H and O–H groups in total. The number of rotatable bonds is 7. The predicted molar refractivity (Wildman–Crippen MR) is 97.3 cm³/mol. The molecule has 1 saturated heterocycles. The molecule has 0 aliphatic carbocycles. The largest absolute Gasteiger partial charge is 0.389 e. The zero-order valence-electron chi connectivity index (χ0n) is 14.3. The Morgan fingerprint density at radius 2 is 2.08 bits per heavy atom. The molecule has 0 spiro atoms. The standard InChI is InChI=1S/C15H24N6O4S/c1-7(16)2-3-26-4-8(22)12-10(23)11(24)15(25-12)21-6-20-9-13(17)18-5-19-14(9)21/h5-8,10-12,15,22-24H,2-4,16H2,1H3,(H2,17,18,19)/t7-,8+,10+,11-,12-,15-/m1/s1. The summed E-state index contributed by atoms with van der Waals surface area (Å²) < 4.78 is 7.24. The van der Waals surface area contributed by atoms with Crippen LogP contribution in [0.4, 0.5) is 5.82 Å². The Balaban J connectivity index is 1.70. The Hall–Kier alpha value is -1.50. The summed E-state index contributed by atoms with van der Waals surface area (Å²) in [7, 11) is 0. The van der Waals surface area contributed by atoms with Crippen LogP contribution >= 0.6 is 11.8 Å². The highest BCUT2D eigenvalue weighted by molar-refractivity contribution is 7.99. The summed E-state index contributed by atoms with van der Waals surface area (Å²) in [6, 6.07) is 0.100. The second-order valence-corrected chi connectivity index (χ2v) is 7.61. The first-order valence-corrected chi connectivity index (χ1v) is 9.51. The molecule has 0 radical (unpaired) electrons. The molecular weight excluding hydrogens is 360 g/mol. The van der Waals surface area contributed by atoms with E-state index in [0.717, 1.165) is 12.2 Å². The predicted octanol–water partition coefficient (Wildman–Crippen LogP) is -1.14. The van der Waals surface area contributed by atoms with Crippen molar-refractivity contribution in [2.24, 2.45) is 5.73 Å². The van der Waals surface area contributed by atoms with Gasteiger partial charge in [-0.25, -0.2) is 15.0 Å². The molecule has 11 heteroatoms. The van der Waals surface area contributed by atoms with Gasteiger partial charge >= 0.3 is 0 Å². The van der Waals surface area contributed by atoms with Crippen LogP contribution in [0.25, 0.3) is 11.2 Å². The van der Waals surface area contributed by atoms with Gasteiger partial charge in [0.25, 0.3) is 0 Å². The van der Waals surface area contributed by atoms with E-state index >= 15 is 0 Å². The van der Waals surface area contributed by atoms with Crippen LogP contribution in [-0.4, -0.2) is 76.8 Å². The second-order valence-electron chi connectivity index (χ2n) is 6.46. The molecule has 3 rings (SSSR count). The second kappa shape index (κ2) is 8.03. The number of ether oxygens (including phenoxy) is 1. The fourth-order valence-corrected chi connectivity index (χ4v) is 3.99. The van der Waals surface area contributed by atoms with Crippen LogP contribution in [-0.2, 0) is 4.74 Å². The topological polar surface area (TPSA) is 166 Å². The Bertz CT molecular complexity index is 744. The summed E-state index contributed by atoms with van der Waals surface area (Å²) >= 11 is 1.52. The van der Waals surface area contributed by atoms with Crippen LogP contribution in [0, 0.1) is 0 Å². The molecule has 1 aliphatic rings. The fraction of sp³-hybridized carbons (Fsp3) is 0.667. The zero-order valence-corrected chi connectivity index (χ0v) is 15.2. The van der Waals surface area contributed by atoms with Gasteiger partial charge in [0.05, 0.1) is 12.4 Å². The monoisotopic (exact) mass is 384 g/mol. The lowest BCUT2D eigenvalue weighted by molar-refractivity contribution is -0.0763. The maximum absolute atomic E-state index is 10.4. The average Bonchev–Trinajstić information content (AvgIpc) is 3.15. The quantitative estimate of drug-likeness (QED) is 0.368. The molecule has 144 valence electrons. The summed E-state index contributed by atoms with van der Waals surface area (Å²) in [5.74, 6) is 1.38. The SMILES string of the molecule is C[C@@H](N)CCSC[C@H](O)[C@H]1O[C@@H](n2cnc3c(N)ncnc32)[C@H](O)[C@@H]1O. The van der Waals surface area contributed by atoms with Crippen molar-refractivity contribution in [2.45, 2.75) is 50.0 Å². The number of aliphatic hydroxyl groups excluding tert-OH is 3. The van der Waals surface area contributed by atoms with Gasteiger partial charge in [-0.1, -0.05) is 0 Å². The number of aliphatic hydroxyl groups is 3. The molecule has 2 aromatic heterocycles. The van der Waals surface area contributed by atoms with Crippen molar-refractivity contribution in [1.82, 2.24) is 19.5 Å². The van der Waals surface area contributed by atoms with Crippen LogP contribution < -0.4 is 11.5 Å². The number of thioether (sulfide) groups is 1.